The van der Waals surface area contributed by atoms with Crippen molar-refractivity contribution < 1.29 is 14.3 Å². The van der Waals surface area contributed by atoms with Gasteiger partial charge >= 0.3 is 0 Å². The fourth-order valence-electron chi connectivity index (χ4n) is 2.92. The molecule has 1 heterocycles. The minimum atomic E-state index is -0.578. The van der Waals surface area contributed by atoms with E-state index < -0.39 is 6.10 Å². The monoisotopic (exact) mass is 236 g/mol. The Morgan fingerprint density at radius 2 is 2.18 bits per heavy atom. The molecule has 0 aliphatic heterocycles. The lowest BCUT2D eigenvalue weighted by Crippen LogP contribution is -2.32. The summed E-state index contributed by atoms with van der Waals surface area (Å²) in [6.45, 7) is 4.32. The molecule has 0 bridgehead atoms. The van der Waals surface area contributed by atoms with Gasteiger partial charge in [0, 0.05) is 18.4 Å². The highest BCUT2D eigenvalue weighted by Crippen LogP contribution is 2.41. The van der Waals surface area contributed by atoms with E-state index in [1.54, 1.807) is 18.6 Å². The fourth-order valence-corrected chi connectivity index (χ4v) is 2.92. The lowest BCUT2D eigenvalue weighted by molar-refractivity contribution is -0.125. The topological polar surface area (TPSA) is 50.4 Å². The molecule has 2 rings (SSSR count). The summed E-state index contributed by atoms with van der Waals surface area (Å²) < 4.78 is 5.00. The molecular formula is C14H20O3. The van der Waals surface area contributed by atoms with Crippen LogP contribution in [0.5, 0.6) is 0 Å². The summed E-state index contributed by atoms with van der Waals surface area (Å²) in [5.74, 6) is 1.22. The van der Waals surface area contributed by atoms with Gasteiger partial charge in [-0.2, -0.15) is 0 Å². The normalized spacial score (nSPS) is 27.4. The van der Waals surface area contributed by atoms with Crippen LogP contribution in [-0.4, -0.2) is 10.9 Å². The summed E-state index contributed by atoms with van der Waals surface area (Å²) in [6.07, 6.45) is 4.61. The molecule has 3 atom stereocenters. The molecule has 3 nitrogen and oxygen atoms in total. The number of aliphatic hydroxyl groups is 1. The molecule has 0 aromatic carbocycles. The van der Waals surface area contributed by atoms with E-state index in [0.717, 1.165) is 12.0 Å². The van der Waals surface area contributed by atoms with Crippen LogP contribution in [0, 0.1) is 17.8 Å². The van der Waals surface area contributed by atoms with Crippen LogP contribution >= 0.6 is 0 Å². The standard InChI is InChI=1S/C14H20O3/c1-9(2)12-4-3-11(15)7-13(12)14(16)10-5-6-17-8-10/h5-6,8-9,12-14,16H,3-4,7H2,1-2H3/t12-,13+,14?/m0/s1. The zero-order chi connectivity index (χ0) is 12.4. The minimum absolute atomic E-state index is 0.0360. The Bertz CT molecular complexity index is 367. The van der Waals surface area contributed by atoms with Crippen molar-refractivity contribution in [1.82, 2.24) is 0 Å². The van der Waals surface area contributed by atoms with Gasteiger partial charge in [0.05, 0.1) is 18.6 Å². The highest BCUT2D eigenvalue weighted by atomic mass is 16.3. The van der Waals surface area contributed by atoms with Crippen LogP contribution in [-0.2, 0) is 4.79 Å². The maximum absolute atomic E-state index is 11.6. The van der Waals surface area contributed by atoms with E-state index in [-0.39, 0.29) is 11.7 Å². The van der Waals surface area contributed by atoms with Crippen LogP contribution in [0.3, 0.4) is 0 Å². The first-order valence-electron chi connectivity index (χ1n) is 6.31. The molecule has 3 heteroatoms. The van der Waals surface area contributed by atoms with Crippen LogP contribution < -0.4 is 0 Å². The highest BCUT2D eigenvalue weighted by Gasteiger charge is 2.36. The van der Waals surface area contributed by atoms with E-state index >= 15 is 0 Å². The molecule has 1 aromatic heterocycles. The van der Waals surface area contributed by atoms with E-state index in [1.807, 2.05) is 0 Å². The van der Waals surface area contributed by atoms with E-state index in [1.165, 1.54) is 0 Å². The Morgan fingerprint density at radius 1 is 1.41 bits per heavy atom. The average Bonchev–Trinajstić information content (AvgIpc) is 2.80. The Kier molecular flexibility index (Phi) is 3.67. The second kappa shape index (κ2) is 5.05. The van der Waals surface area contributed by atoms with Crippen molar-refractivity contribution >= 4 is 5.78 Å². The molecule has 0 saturated heterocycles. The zero-order valence-electron chi connectivity index (χ0n) is 10.4. The maximum Gasteiger partial charge on any atom is 0.133 e. The summed E-state index contributed by atoms with van der Waals surface area (Å²) in [5, 5.41) is 10.4. The Balaban J connectivity index is 2.17. The van der Waals surface area contributed by atoms with Gasteiger partial charge in [-0.3, -0.25) is 4.79 Å². The summed E-state index contributed by atoms with van der Waals surface area (Å²) in [5.41, 5.74) is 0.787. The molecule has 0 spiro atoms. The second-order valence-corrected chi connectivity index (χ2v) is 5.35. The van der Waals surface area contributed by atoms with Gasteiger partial charge in [-0.15, -0.1) is 0 Å². The van der Waals surface area contributed by atoms with Crippen molar-refractivity contribution in [3.05, 3.63) is 24.2 Å². The van der Waals surface area contributed by atoms with Crippen LogP contribution in [0.4, 0.5) is 0 Å². The van der Waals surface area contributed by atoms with Gasteiger partial charge in [0.1, 0.15) is 5.78 Å². The molecule has 1 N–H and O–H groups in total. The predicted molar refractivity (Wildman–Crippen MR) is 64.3 cm³/mol. The number of rotatable bonds is 3. The van der Waals surface area contributed by atoms with E-state index in [9.17, 15) is 9.90 Å². The first kappa shape index (κ1) is 12.4. The number of Topliss-reactive ketones (excluding diaryl/α,β-unsaturated/α-hetero) is 1. The van der Waals surface area contributed by atoms with Gasteiger partial charge in [-0.25, -0.2) is 0 Å². The molecule has 1 aromatic rings. The molecule has 0 radical (unpaired) electrons. The number of aliphatic hydroxyl groups excluding tert-OH is 1. The molecule has 1 unspecified atom stereocenters. The van der Waals surface area contributed by atoms with Crippen molar-refractivity contribution in [3.63, 3.8) is 0 Å². The van der Waals surface area contributed by atoms with Crippen molar-refractivity contribution in [2.45, 2.75) is 39.2 Å². The maximum atomic E-state index is 11.6. The molecular weight excluding hydrogens is 216 g/mol. The van der Waals surface area contributed by atoms with E-state index in [4.69, 9.17) is 4.42 Å². The van der Waals surface area contributed by atoms with Crippen molar-refractivity contribution in [3.8, 4) is 0 Å². The number of furan rings is 1. The van der Waals surface area contributed by atoms with Crippen LogP contribution in [0.1, 0.15) is 44.8 Å². The van der Waals surface area contributed by atoms with Gasteiger partial charge in [-0.1, -0.05) is 13.8 Å². The lowest BCUT2D eigenvalue weighted by Gasteiger charge is -2.36. The van der Waals surface area contributed by atoms with Crippen LogP contribution in [0.2, 0.25) is 0 Å². The van der Waals surface area contributed by atoms with Crippen molar-refractivity contribution in [2.75, 3.05) is 0 Å². The van der Waals surface area contributed by atoms with Gasteiger partial charge in [0.15, 0.2) is 0 Å². The van der Waals surface area contributed by atoms with Gasteiger partial charge in [-0.05, 0) is 30.2 Å². The molecule has 17 heavy (non-hydrogen) atoms. The quantitative estimate of drug-likeness (QED) is 0.877. The van der Waals surface area contributed by atoms with Crippen molar-refractivity contribution in [2.24, 2.45) is 17.8 Å². The van der Waals surface area contributed by atoms with E-state index in [0.29, 0.717) is 24.7 Å². The lowest BCUT2D eigenvalue weighted by atomic mass is 9.70. The fraction of sp³-hybridized carbons (Fsp3) is 0.643. The summed E-state index contributed by atoms with van der Waals surface area (Å²) in [4.78, 5) is 11.6. The Labute approximate surface area is 102 Å². The largest absolute Gasteiger partial charge is 0.472 e. The van der Waals surface area contributed by atoms with Gasteiger partial charge < -0.3 is 9.52 Å². The molecule has 1 saturated carbocycles. The summed E-state index contributed by atoms with van der Waals surface area (Å²) >= 11 is 0. The first-order chi connectivity index (χ1) is 8.09. The third kappa shape index (κ3) is 2.60. The number of hydrogen-bond donors (Lipinski definition) is 1. The SMILES string of the molecule is CC(C)[C@@H]1CCC(=O)C[C@H]1C(O)c1ccoc1. The number of carbonyl (C=O) groups is 1. The van der Waals surface area contributed by atoms with Crippen LogP contribution in [0.25, 0.3) is 0 Å². The Hall–Kier alpha value is -1.09. The molecule has 1 aliphatic carbocycles. The van der Waals surface area contributed by atoms with Crippen LogP contribution in [0.15, 0.2) is 23.0 Å². The summed E-state index contributed by atoms with van der Waals surface area (Å²) in [6, 6.07) is 1.78. The summed E-state index contributed by atoms with van der Waals surface area (Å²) in [7, 11) is 0. The molecule has 0 amide bonds. The number of ketones is 1. The van der Waals surface area contributed by atoms with Gasteiger partial charge in [0.2, 0.25) is 0 Å². The highest BCUT2D eigenvalue weighted by molar-refractivity contribution is 5.79. The van der Waals surface area contributed by atoms with E-state index in [2.05, 4.69) is 13.8 Å². The smallest absolute Gasteiger partial charge is 0.133 e. The zero-order valence-corrected chi connectivity index (χ0v) is 10.4. The number of carbonyl (C=O) groups excluding carboxylic acids is 1. The number of hydrogen-bond acceptors (Lipinski definition) is 3. The minimum Gasteiger partial charge on any atom is -0.472 e. The first-order valence-corrected chi connectivity index (χ1v) is 6.31. The average molecular weight is 236 g/mol. The molecule has 94 valence electrons. The second-order valence-electron chi connectivity index (χ2n) is 5.35. The third-order valence-electron chi connectivity index (χ3n) is 3.92. The molecule has 1 fully saturated rings. The predicted octanol–water partition coefficient (Wildman–Crippen LogP) is 2.95. The van der Waals surface area contributed by atoms with Gasteiger partial charge in [0.25, 0.3) is 0 Å². The van der Waals surface area contributed by atoms with Crippen molar-refractivity contribution in [1.29, 1.82) is 0 Å². The third-order valence-corrected chi connectivity index (χ3v) is 3.92. The Morgan fingerprint density at radius 3 is 2.76 bits per heavy atom. The molecule has 1 aliphatic rings.